The van der Waals surface area contributed by atoms with E-state index in [9.17, 15) is 0 Å². The molecule has 0 N–H and O–H groups in total. The highest BCUT2D eigenvalue weighted by molar-refractivity contribution is 5.83. The third-order valence-electron chi connectivity index (χ3n) is 3.73. The van der Waals surface area contributed by atoms with Gasteiger partial charge in [-0.1, -0.05) is 88.0 Å². The van der Waals surface area contributed by atoms with Crippen LogP contribution in [0.25, 0.3) is 11.6 Å². The minimum absolute atomic E-state index is 0.183. The fourth-order valence-electron chi connectivity index (χ4n) is 2.42. The average molecular weight is 276 g/mol. The van der Waals surface area contributed by atoms with Crippen molar-refractivity contribution in [3.05, 3.63) is 83.4 Å². The number of rotatable bonds is 3. The molecule has 0 aliphatic heterocycles. The SMILES string of the molecule is C=C(c1ccc(C(C)(C)C)cc1)c1ccccc1/C=C\C. The molecule has 0 aliphatic rings. The fourth-order valence-corrected chi connectivity index (χ4v) is 2.42. The van der Waals surface area contributed by atoms with Crippen molar-refractivity contribution in [1.29, 1.82) is 0 Å². The predicted octanol–water partition coefficient (Wildman–Crippen LogP) is 6.08. The molecule has 108 valence electrons. The van der Waals surface area contributed by atoms with Gasteiger partial charge in [-0.25, -0.2) is 0 Å². The van der Waals surface area contributed by atoms with Crippen molar-refractivity contribution in [2.45, 2.75) is 33.1 Å². The van der Waals surface area contributed by atoms with Crippen molar-refractivity contribution in [3.8, 4) is 0 Å². The molecule has 0 nitrogen and oxygen atoms in total. The number of hydrogen-bond donors (Lipinski definition) is 0. The standard InChI is InChI=1S/C21H24/c1-6-9-18-10-7-8-11-20(18)16(2)17-12-14-19(15-13-17)21(3,4)5/h6-15H,2H2,1,3-5H3/b9-6-. The Labute approximate surface area is 128 Å². The van der Waals surface area contributed by atoms with E-state index in [4.69, 9.17) is 0 Å². The fraction of sp³-hybridized carbons (Fsp3) is 0.238. The Balaban J connectivity index is 2.37. The Bertz CT molecular complexity index is 649. The maximum absolute atomic E-state index is 4.30. The van der Waals surface area contributed by atoms with Crippen molar-refractivity contribution in [1.82, 2.24) is 0 Å². The van der Waals surface area contributed by atoms with E-state index < -0.39 is 0 Å². The third-order valence-corrected chi connectivity index (χ3v) is 3.73. The largest absolute Gasteiger partial charge is 0.0905 e. The monoisotopic (exact) mass is 276 g/mol. The highest BCUT2D eigenvalue weighted by Crippen LogP contribution is 2.28. The van der Waals surface area contributed by atoms with Gasteiger partial charge >= 0.3 is 0 Å². The first kappa shape index (κ1) is 15.3. The molecule has 0 bridgehead atoms. The van der Waals surface area contributed by atoms with E-state index in [1.54, 1.807) is 0 Å². The topological polar surface area (TPSA) is 0 Å². The van der Waals surface area contributed by atoms with Gasteiger partial charge in [-0.15, -0.1) is 0 Å². The van der Waals surface area contributed by atoms with Gasteiger partial charge in [0.2, 0.25) is 0 Å². The van der Waals surface area contributed by atoms with Crippen LogP contribution in [-0.4, -0.2) is 0 Å². The molecule has 0 heteroatoms. The first-order valence-corrected chi connectivity index (χ1v) is 7.45. The third kappa shape index (κ3) is 3.52. The summed E-state index contributed by atoms with van der Waals surface area (Å²) in [6, 6.07) is 17.2. The molecule has 0 saturated heterocycles. The molecule has 0 heterocycles. The van der Waals surface area contributed by atoms with Gasteiger partial charge in [-0.2, -0.15) is 0 Å². The number of allylic oxidation sites excluding steroid dienone is 1. The molecule has 2 aromatic rings. The van der Waals surface area contributed by atoms with E-state index in [0.717, 1.165) is 5.57 Å². The Morgan fingerprint density at radius 2 is 1.57 bits per heavy atom. The molecule has 0 aliphatic carbocycles. The van der Waals surface area contributed by atoms with E-state index in [-0.39, 0.29) is 5.41 Å². The van der Waals surface area contributed by atoms with E-state index in [1.807, 2.05) is 6.92 Å². The quantitative estimate of drug-likeness (QED) is 0.637. The van der Waals surface area contributed by atoms with Crippen molar-refractivity contribution < 1.29 is 0 Å². The van der Waals surface area contributed by atoms with Crippen LogP contribution in [0.3, 0.4) is 0 Å². The van der Waals surface area contributed by atoms with Crippen molar-refractivity contribution in [3.63, 3.8) is 0 Å². The van der Waals surface area contributed by atoms with Crippen LogP contribution in [0.4, 0.5) is 0 Å². The normalized spacial score (nSPS) is 11.8. The summed E-state index contributed by atoms with van der Waals surface area (Å²) in [4.78, 5) is 0. The van der Waals surface area contributed by atoms with Gasteiger partial charge in [0.15, 0.2) is 0 Å². The zero-order valence-corrected chi connectivity index (χ0v) is 13.5. The Kier molecular flexibility index (Phi) is 4.47. The molecule has 0 amide bonds. The maximum Gasteiger partial charge on any atom is -0.0111 e. The first-order chi connectivity index (χ1) is 9.93. The lowest BCUT2D eigenvalue weighted by Crippen LogP contribution is -2.10. The van der Waals surface area contributed by atoms with Gasteiger partial charge in [0.25, 0.3) is 0 Å². The van der Waals surface area contributed by atoms with Gasteiger partial charge in [0.1, 0.15) is 0 Å². The summed E-state index contributed by atoms with van der Waals surface area (Å²) in [5.74, 6) is 0. The van der Waals surface area contributed by atoms with E-state index >= 15 is 0 Å². The molecule has 0 atom stereocenters. The average Bonchev–Trinajstić information content (AvgIpc) is 2.47. The number of hydrogen-bond acceptors (Lipinski definition) is 0. The van der Waals surface area contributed by atoms with Gasteiger partial charge in [-0.3, -0.25) is 0 Å². The summed E-state index contributed by atoms with van der Waals surface area (Å²) < 4.78 is 0. The lowest BCUT2D eigenvalue weighted by molar-refractivity contribution is 0.590. The summed E-state index contributed by atoms with van der Waals surface area (Å²) in [7, 11) is 0. The Hall–Kier alpha value is -2.08. The second kappa shape index (κ2) is 6.13. The summed E-state index contributed by atoms with van der Waals surface area (Å²) in [5.41, 5.74) is 6.19. The zero-order valence-electron chi connectivity index (χ0n) is 13.5. The molecular formula is C21H24. The molecule has 0 radical (unpaired) electrons. The minimum Gasteiger partial charge on any atom is -0.0905 e. The molecule has 2 rings (SSSR count). The van der Waals surface area contributed by atoms with E-state index in [1.165, 1.54) is 22.3 Å². The second-order valence-electron chi connectivity index (χ2n) is 6.39. The Morgan fingerprint density at radius 1 is 0.952 bits per heavy atom. The zero-order chi connectivity index (χ0) is 15.5. The highest BCUT2D eigenvalue weighted by Gasteiger charge is 2.13. The highest BCUT2D eigenvalue weighted by atomic mass is 14.2. The molecule has 0 spiro atoms. The first-order valence-electron chi connectivity index (χ1n) is 7.45. The molecule has 21 heavy (non-hydrogen) atoms. The van der Waals surface area contributed by atoms with Crippen LogP contribution in [0, 0.1) is 0 Å². The van der Waals surface area contributed by atoms with Crippen LogP contribution in [-0.2, 0) is 5.41 Å². The summed E-state index contributed by atoms with van der Waals surface area (Å²) in [6.45, 7) is 13.0. The van der Waals surface area contributed by atoms with Crippen molar-refractivity contribution in [2.75, 3.05) is 0 Å². The van der Waals surface area contributed by atoms with Crippen LogP contribution in [0.15, 0.2) is 61.2 Å². The molecule has 0 unspecified atom stereocenters. The van der Waals surface area contributed by atoms with E-state index in [2.05, 4.69) is 88.0 Å². The second-order valence-corrected chi connectivity index (χ2v) is 6.39. The maximum atomic E-state index is 4.30. The van der Waals surface area contributed by atoms with Crippen LogP contribution < -0.4 is 0 Å². The summed E-state index contributed by atoms with van der Waals surface area (Å²) in [6.07, 6.45) is 4.19. The van der Waals surface area contributed by atoms with Gasteiger partial charge in [0.05, 0.1) is 0 Å². The molecule has 0 aromatic heterocycles. The van der Waals surface area contributed by atoms with Crippen LogP contribution >= 0.6 is 0 Å². The predicted molar refractivity (Wildman–Crippen MR) is 94.4 cm³/mol. The smallest absolute Gasteiger partial charge is 0.0111 e. The lowest BCUT2D eigenvalue weighted by atomic mass is 9.85. The number of benzene rings is 2. The van der Waals surface area contributed by atoms with E-state index in [0.29, 0.717) is 0 Å². The van der Waals surface area contributed by atoms with Crippen LogP contribution in [0.1, 0.15) is 49.9 Å². The summed E-state index contributed by atoms with van der Waals surface area (Å²) >= 11 is 0. The summed E-state index contributed by atoms with van der Waals surface area (Å²) in [5, 5.41) is 0. The van der Waals surface area contributed by atoms with Gasteiger partial charge < -0.3 is 0 Å². The van der Waals surface area contributed by atoms with Crippen LogP contribution in [0.5, 0.6) is 0 Å². The molecule has 0 saturated carbocycles. The molecule has 2 aromatic carbocycles. The lowest BCUT2D eigenvalue weighted by Gasteiger charge is -2.19. The van der Waals surface area contributed by atoms with Gasteiger partial charge in [-0.05, 0) is 40.2 Å². The van der Waals surface area contributed by atoms with Crippen molar-refractivity contribution >= 4 is 11.6 Å². The molecule has 0 fully saturated rings. The minimum atomic E-state index is 0.183. The Morgan fingerprint density at radius 3 is 2.14 bits per heavy atom. The van der Waals surface area contributed by atoms with Gasteiger partial charge in [0, 0.05) is 0 Å². The van der Waals surface area contributed by atoms with Crippen LogP contribution in [0.2, 0.25) is 0 Å². The molecular weight excluding hydrogens is 252 g/mol. The van der Waals surface area contributed by atoms with Crippen molar-refractivity contribution in [2.24, 2.45) is 0 Å².